The number of ether oxygens (including phenoxy) is 2. The minimum Gasteiger partial charge on any atom is -0.489 e. The summed E-state index contributed by atoms with van der Waals surface area (Å²) < 4.78 is 12.5. The second kappa shape index (κ2) is 7.03. The maximum absolute atomic E-state index is 9.29. The number of nitriles is 2. The minimum absolute atomic E-state index is 0.0163. The second-order valence-corrected chi connectivity index (χ2v) is 8.25. The molecule has 144 valence electrons. The van der Waals surface area contributed by atoms with Gasteiger partial charge in [-0.05, 0) is 61.1 Å². The first-order valence-corrected chi connectivity index (χ1v) is 10.1. The number of fused-ring (bicyclic) bond motifs is 4. The van der Waals surface area contributed by atoms with Crippen LogP contribution in [0.4, 0.5) is 0 Å². The van der Waals surface area contributed by atoms with E-state index in [1.54, 1.807) is 6.07 Å². The van der Waals surface area contributed by atoms with Crippen molar-refractivity contribution in [2.75, 3.05) is 6.61 Å². The van der Waals surface area contributed by atoms with Gasteiger partial charge in [0.05, 0.1) is 30.1 Å². The fourth-order valence-electron chi connectivity index (χ4n) is 4.97. The molecule has 0 amide bonds. The molecule has 3 heterocycles. The number of rotatable bonds is 2. The van der Waals surface area contributed by atoms with Crippen LogP contribution in [0.3, 0.4) is 0 Å². The first kappa shape index (κ1) is 17.9. The lowest BCUT2D eigenvalue weighted by Gasteiger charge is -2.51. The lowest BCUT2D eigenvalue weighted by atomic mass is 9.66. The number of aliphatic imine (C=N–C) groups is 1. The first-order valence-electron chi connectivity index (χ1n) is 10.1. The van der Waals surface area contributed by atoms with Crippen molar-refractivity contribution in [3.63, 3.8) is 0 Å². The van der Waals surface area contributed by atoms with E-state index in [0.29, 0.717) is 18.1 Å². The fourth-order valence-corrected chi connectivity index (χ4v) is 4.97. The molecule has 3 aliphatic heterocycles. The van der Waals surface area contributed by atoms with Crippen LogP contribution < -0.4 is 4.74 Å². The van der Waals surface area contributed by atoms with Crippen LogP contribution in [-0.2, 0) is 4.74 Å². The standard InChI is InChI=1S/C24H21N3O2/c25-13-16-2-1-3-17(10-16)18-4-5-22-20(11-18)21(27-15-26)12-23(29-22)24-8-6-19(7-9-24)28-14-24/h1-5,10-11,19,23H,6-9,12,14H2. The van der Waals surface area contributed by atoms with E-state index in [-0.39, 0.29) is 11.5 Å². The van der Waals surface area contributed by atoms with Crippen LogP contribution in [0.2, 0.25) is 0 Å². The summed E-state index contributed by atoms with van der Waals surface area (Å²) in [7, 11) is 0. The van der Waals surface area contributed by atoms with Gasteiger partial charge < -0.3 is 9.47 Å². The Morgan fingerprint density at radius 3 is 2.59 bits per heavy atom. The molecule has 0 radical (unpaired) electrons. The third-order valence-electron chi connectivity index (χ3n) is 6.67. The summed E-state index contributed by atoms with van der Waals surface area (Å²) in [6.45, 7) is 0.733. The zero-order chi connectivity index (χ0) is 19.8. The molecule has 4 aliphatic rings. The molecule has 0 spiro atoms. The minimum atomic E-state index is -0.0175. The molecule has 5 heteroatoms. The zero-order valence-electron chi connectivity index (χ0n) is 16.1. The van der Waals surface area contributed by atoms with Gasteiger partial charge in [0.1, 0.15) is 11.9 Å². The maximum atomic E-state index is 9.29. The summed E-state index contributed by atoms with van der Waals surface area (Å²) in [5.74, 6) is 0.775. The van der Waals surface area contributed by atoms with Crippen molar-refractivity contribution in [3.05, 3.63) is 53.6 Å². The summed E-state index contributed by atoms with van der Waals surface area (Å²) in [5.41, 5.74) is 4.22. The molecular weight excluding hydrogens is 362 g/mol. The van der Waals surface area contributed by atoms with Gasteiger partial charge in [-0.15, -0.1) is 0 Å². The molecule has 2 aromatic rings. The van der Waals surface area contributed by atoms with E-state index in [2.05, 4.69) is 11.1 Å². The Kier molecular flexibility index (Phi) is 4.34. The molecule has 2 bridgehead atoms. The highest BCUT2D eigenvalue weighted by molar-refractivity contribution is 6.05. The van der Waals surface area contributed by atoms with Gasteiger partial charge in [0, 0.05) is 17.4 Å². The first-order chi connectivity index (χ1) is 14.2. The van der Waals surface area contributed by atoms with Gasteiger partial charge in [0.2, 0.25) is 6.19 Å². The van der Waals surface area contributed by atoms with Gasteiger partial charge in [-0.3, -0.25) is 0 Å². The highest BCUT2D eigenvalue weighted by atomic mass is 16.5. The summed E-state index contributed by atoms with van der Waals surface area (Å²) in [5, 5.41) is 18.5. The molecule has 2 aromatic carbocycles. The van der Waals surface area contributed by atoms with Crippen molar-refractivity contribution < 1.29 is 9.47 Å². The van der Waals surface area contributed by atoms with Crippen molar-refractivity contribution in [2.24, 2.45) is 10.4 Å². The molecule has 0 N–H and O–H groups in total. The summed E-state index contributed by atoms with van der Waals surface area (Å²) >= 11 is 0. The van der Waals surface area contributed by atoms with Crippen LogP contribution in [0.5, 0.6) is 5.75 Å². The number of hydrogen-bond acceptors (Lipinski definition) is 5. The number of nitrogens with zero attached hydrogens (tertiary/aromatic N) is 3. The average Bonchev–Trinajstić information content (AvgIpc) is 2.80. The predicted molar refractivity (Wildman–Crippen MR) is 108 cm³/mol. The van der Waals surface area contributed by atoms with Crippen molar-refractivity contribution in [1.82, 2.24) is 0 Å². The van der Waals surface area contributed by atoms with Crippen molar-refractivity contribution in [1.29, 1.82) is 10.5 Å². The quantitative estimate of drug-likeness (QED) is 0.710. The summed E-state index contributed by atoms with van der Waals surface area (Å²) in [6.07, 6.45) is 7.38. The Bertz CT molecular complexity index is 1050. The molecular formula is C24H21N3O2. The van der Waals surface area contributed by atoms with Gasteiger partial charge in [-0.25, -0.2) is 0 Å². The van der Waals surface area contributed by atoms with E-state index in [1.165, 1.54) is 0 Å². The van der Waals surface area contributed by atoms with E-state index < -0.39 is 0 Å². The Morgan fingerprint density at radius 1 is 1.03 bits per heavy atom. The van der Waals surface area contributed by atoms with Gasteiger partial charge in [0.25, 0.3) is 0 Å². The molecule has 1 aliphatic carbocycles. The number of hydrogen-bond donors (Lipinski definition) is 0. The second-order valence-electron chi connectivity index (χ2n) is 8.25. The molecule has 2 saturated heterocycles. The van der Waals surface area contributed by atoms with Crippen molar-refractivity contribution in [3.8, 4) is 29.1 Å². The normalized spacial score (nSPS) is 28.8. The monoisotopic (exact) mass is 383 g/mol. The van der Waals surface area contributed by atoms with Crippen LogP contribution in [0, 0.1) is 28.2 Å². The molecule has 29 heavy (non-hydrogen) atoms. The third kappa shape index (κ3) is 3.09. The zero-order valence-corrected chi connectivity index (χ0v) is 16.1. The smallest absolute Gasteiger partial charge is 0.205 e. The van der Waals surface area contributed by atoms with Gasteiger partial charge in [-0.2, -0.15) is 15.5 Å². The highest BCUT2D eigenvalue weighted by Crippen LogP contribution is 2.49. The lowest BCUT2D eigenvalue weighted by Crippen LogP contribution is -2.53. The van der Waals surface area contributed by atoms with Crippen LogP contribution >= 0.6 is 0 Å². The fraction of sp³-hybridized carbons (Fsp3) is 0.375. The topological polar surface area (TPSA) is 78.4 Å². The van der Waals surface area contributed by atoms with Gasteiger partial charge in [-0.1, -0.05) is 18.2 Å². The van der Waals surface area contributed by atoms with Gasteiger partial charge in [0.15, 0.2) is 0 Å². The average molecular weight is 383 g/mol. The Labute approximate surface area is 170 Å². The lowest BCUT2D eigenvalue weighted by molar-refractivity contribution is -0.152. The largest absolute Gasteiger partial charge is 0.489 e. The molecule has 1 saturated carbocycles. The van der Waals surface area contributed by atoms with Crippen molar-refractivity contribution in [2.45, 2.75) is 44.3 Å². The predicted octanol–water partition coefficient (Wildman–Crippen LogP) is 4.61. The molecule has 0 aromatic heterocycles. The Balaban J connectivity index is 1.52. The molecule has 5 nitrogen and oxygen atoms in total. The van der Waals surface area contributed by atoms with Crippen LogP contribution in [0.1, 0.15) is 43.2 Å². The van der Waals surface area contributed by atoms with Crippen LogP contribution in [0.15, 0.2) is 47.5 Å². The van der Waals surface area contributed by atoms with E-state index in [4.69, 9.17) is 9.47 Å². The Hall–Kier alpha value is -3.15. The highest BCUT2D eigenvalue weighted by Gasteiger charge is 2.49. The SMILES string of the molecule is N#CN=C1CC(C23CCC(CC2)OC3)Oc2ccc(-c3cccc(C#N)c3)cc21. The van der Waals surface area contributed by atoms with Crippen LogP contribution in [0.25, 0.3) is 11.1 Å². The molecule has 1 atom stereocenters. The number of benzene rings is 2. The van der Waals surface area contributed by atoms with E-state index in [9.17, 15) is 10.5 Å². The molecule has 1 unspecified atom stereocenters. The third-order valence-corrected chi connectivity index (χ3v) is 6.67. The molecule has 3 fully saturated rings. The molecule has 6 rings (SSSR count). The van der Waals surface area contributed by atoms with E-state index in [0.717, 1.165) is 60.4 Å². The Morgan fingerprint density at radius 2 is 1.86 bits per heavy atom. The van der Waals surface area contributed by atoms with E-state index >= 15 is 0 Å². The summed E-state index contributed by atoms with van der Waals surface area (Å²) in [6, 6.07) is 15.7. The van der Waals surface area contributed by atoms with Crippen LogP contribution in [-0.4, -0.2) is 24.5 Å². The maximum Gasteiger partial charge on any atom is 0.205 e. The van der Waals surface area contributed by atoms with E-state index in [1.807, 2.05) is 42.6 Å². The summed E-state index contributed by atoms with van der Waals surface area (Å²) in [4.78, 5) is 4.17. The van der Waals surface area contributed by atoms with Crippen molar-refractivity contribution >= 4 is 5.71 Å². The van der Waals surface area contributed by atoms with Gasteiger partial charge >= 0.3 is 0 Å².